The Morgan fingerprint density at radius 2 is 2.19 bits per heavy atom. The van der Waals surface area contributed by atoms with Crippen molar-refractivity contribution < 1.29 is 14.3 Å². The molecule has 0 bridgehead atoms. The van der Waals surface area contributed by atoms with Crippen LogP contribution in [0, 0.1) is 0 Å². The van der Waals surface area contributed by atoms with Crippen LogP contribution in [0.5, 0.6) is 11.5 Å². The van der Waals surface area contributed by atoms with Gasteiger partial charge in [-0.05, 0) is 30.2 Å². The number of ether oxygens (including phenoxy) is 2. The van der Waals surface area contributed by atoms with Gasteiger partial charge in [0.05, 0.1) is 0 Å². The van der Waals surface area contributed by atoms with E-state index in [4.69, 9.17) is 9.47 Å². The first-order valence-electron chi connectivity index (χ1n) is 5.40. The van der Waals surface area contributed by atoms with E-state index in [1.165, 1.54) is 0 Å². The van der Waals surface area contributed by atoms with Gasteiger partial charge in [0, 0.05) is 6.42 Å². The van der Waals surface area contributed by atoms with Crippen LogP contribution in [0.3, 0.4) is 0 Å². The molecule has 16 heavy (non-hydrogen) atoms. The van der Waals surface area contributed by atoms with Gasteiger partial charge >= 0.3 is 0 Å². The average molecular weight is 218 g/mol. The van der Waals surface area contributed by atoms with Crippen molar-refractivity contribution in [1.29, 1.82) is 0 Å². The Morgan fingerprint density at radius 1 is 1.38 bits per heavy atom. The fourth-order valence-electron chi connectivity index (χ4n) is 1.54. The number of hydrogen-bond acceptors (Lipinski definition) is 3. The molecule has 3 heteroatoms. The standard InChI is InChI=1S/C13H14O3/c1-2-3-11(14)6-4-10-5-7-12-13(8-10)16-9-15-12/h4-8H,2-3,9H2,1H3. The van der Waals surface area contributed by atoms with Gasteiger partial charge in [0.2, 0.25) is 6.79 Å². The van der Waals surface area contributed by atoms with Crippen molar-refractivity contribution in [2.24, 2.45) is 0 Å². The summed E-state index contributed by atoms with van der Waals surface area (Å²) in [7, 11) is 0. The number of carbonyl (C=O) groups excluding carboxylic acids is 1. The van der Waals surface area contributed by atoms with Gasteiger partial charge in [-0.2, -0.15) is 0 Å². The van der Waals surface area contributed by atoms with Crippen LogP contribution in [0.1, 0.15) is 25.3 Å². The Kier molecular flexibility index (Phi) is 3.25. The fraction of sp³-hybridized carbons (Fsp3) is 0.308. The van der Waals surface area contributed by atoms with E-state index in [1.54, 1.807) is 12.2 Å². The summed E-state index contributed by atoms with van der Waals surface area (Å²) in [6.45, 7) is 2.27. The fourth-order valence-corrected chi connectivity index (χ4v) is 1.54. The lowest BCUT2D eigenvalue weighted by Crippen LogP contribution is -1.92. The molecule has 0 aromatic heterocycles. The number of rotatable bonds is 4. The van der Waals surface area contributed by atoms with E-state index in [2.05, 4.69) is 0 Å². The van der Waals surface area contributed by atoms with Gasteiger partial charge in [-0.15, -0.1) is 0 Å². The minimum Gasteiger partial charge on any atom is -0.454 e. The zero-order valence-corrected chi connectivity index (χ0v) is 9.23. The van der Waals surface area contributed by atoms with E-state index in [-0.39, 0.29) is 12.6 Å². The van der Waals surface area contributed by atoms with E-state index >= 15 is 0 Å². The predicted molar refractivity (Wildman–Crippen MR) is 61.5 cm³/mol. The molecule has 0 N–H and O–H groups in total. The topological polar surface area (TPSA) is 35.5 Å². The molecule has 0 aliphatic carbocycles. The minimum atomic E-state index is 0.153. The van der Waals surface area contributed by atoms with E-state index in [0.29, 0.717) is 6.42 Å². The highest BCUT2D eigenvalue weighted by Crippen LogP contribution is 2.32. The summed E-state index contributed by atoms with van der Waals surface area (Å²) in [4.78, 5) is 11.3. The van der Waals surface area contributed by atoms with Gasteiger partial charge in [0.1, 0.15) is 0 Å². The SMILES string of the molecule is CCCC(=O)C=Cc1ccc2c(c1)OCO2. The second-order valence-corrected chi connectivity index (χ2v) is 3.66. The highest BCUT2D eigenvalue weighted by molar-refractivity contribution is 5.93. The molecule has 1 heterocycles. The second-order valence-electron chi connectivity index (χ2n) is 3.66. The molecule has 0 fully saturated rings. The quantitative estimate of drug-likeness (QED) is 0.729. The molecule has 1 aromatic carbocycles. The lowest BCUT2D eigenvalue weighted by Gasteiger charge is -1.97. The minimum absolute atomic E-state index is 0.153. The van der Waals surface area contributed by atoms with Crippen molar-refractivity contribution in [2.45, 2.75) is 19.8 Å². The number of hydrogen-bond donors (Lipinski definition) is 0. The van der Waals surface area contributed by atoms with Crippen molar-refractivity contribution >= 4 is 11.9 Å². The summed E-state index contributed by atoms with van der Waals surface area (Å²) >= 11 is 0. The van der Waals surface area contributed by atoms with Crippen molar-refractivity contribution in [3.63, 3.8) is 0 Å². The molecule has 0 unspecified atom stereocenters. The maximum Gasteiger partial charge on any atom is 0.231 e. The van der Waals surface area contributed by atoms with Crippen molar-refractivity contribution in [3.05, 3.63) is 29.8 Å². The number of allylic oxidation sites excluding steroid dienone is 1. The average Bonchev–Trinajstić information content (AvgIpc) is 2.74. The highest BCUT2D eigenvalue weighted by Gasteiger charge is 2.12. The summed E-state index contributed by atoms with van der Waals surface area (Å²) in [5.41, 5.74) is 0.953. The van der Waals surface area contributed by atoms with Gasteiger partial charge in [0.25, 0.3) is 0 Å². The van der Waals surface area contributed by atoms with Gasteiger partial charge in [0.15, 0.2) is 17.3 Å². The van der Waals surface area contributed by atoms with Crippen LogP contribution in [-0.2, 0) is 4.79 Å². The Morgan fingerprint density at radius 3 is 3.00 bits per heavy atom. The van der Waals surface area contributed by atoms with E-state index in [0.717, 1.165) is 23.5 Å². The molecule has 0 saturated heterocycles. The summed E-state index contributed by atoms with van der Waals surface area (Å²) in [6, 6.07) is 5.63. The summed E-state index contributed by atoms with van der Waals surface area (Å²) < 4.78 is 10.5. The molecule has 3 nitrogen and oxygen atoms in total. The molecule has 1 aromatic rings. The maximum absolute atomic E-state index is 11.3. The Balaban J connectivity index is 2.08. The summed E-state index contributed by atoms with van der Waals surface area (Å²) in [5, 5.41) is 0. The van der Waals surface area contributed by atoms with Gasteiger partial charge in [-0.3, -0.25) is 4.79 Å². The first-order valence-corrected chi connectivity index (χ1v) is 5.40. The van der Waals surface area contributed by atoms with Crippen LogP contribution in [0.4, 0.5) is 0 Å². The molecule has 0 saturated carbocycles. The molecular weight excluding hydrogens is 204 g/mol. The number of ketones is 1. The van der Waals surface area contributed by atoms with Gasteiger partial charge < -0.3 is 9.47 Å². The number of carbonyl (C=O) groups is 1. The van der Waals surface area contributed by atoms with Crippen LogP contribution >= 0.6 is 0 Å². The van der Waals surface area contributed by atoms with Crippen LogP contribution in [0.15, 0.2) is 24.3 Å². The molecule has 0 amide bonds. The first-order chi connectivity index (χ1) is 7.79. The van der Waals surface area contributed by atoms with Crippen LogP contribution in [0.25, 0.3) is 6.08 Å². The molecular formula is C13H14O3. The second kappa shape index (κ2) is 4.84. The van der Waals surface area contributed by atoms with Crippen LogP contribution in [0.2, 0.25) is 0 Å². The van der Waals surface area contributed by atoms with Gasteiger partial charge in [-0.25, -0.2) is 0 Å². The van der Waals surface area contributed by atoms with Crippen LogP contribution < -0.4 is 9.47 Å². The van der Waals surface area contributed by atoms with Crippen molar-refractivity contribution in [1.82, 2.24) is 0 Å². The molecule has 0 radical (unpaired) electrons. The van der Waals surface area contributed by atoms with E-state index in [1.807, 2.05) is 25.1 Å². The predicted octanol–water partition coefficient (Wildman–Crippen LogP) is 2.80. The van der Waals surface area contributed by atoms with Crippen molar-refractivity contribution in [2.75, 3.05) is 6.79 Å². The summed E-state index contributed by atoms with van der Waals surface area (Å²) in [6.07, 6.45) is 4.90. The summed E-state index contributed by atoms with van der Waals surface area (Å²) in [5.74, 6) is 1.65. The molecule has 1 aliphatic rings. The molecule has 2 rings (SSSR count). The third kappa shape index (κ3) is 2.42. The van der Waals surface area contributed by atoms with Gasteiger partial charge in [-0.1, -0.05) is 19.1 Å². The molecule has 0 spiro atoms. The zero-order valence-electron chi connectivity index (χ0n) is 9.23. The Hall–Kier alpha value is -1.77. The lowest BCUT2D eigenvalue weighted by atomic mass is 10.1. The first kappa shape index (κ1) is 10.7. The smallest absolute Gasteiger partial charge is 0.231 e. The molecule has 0 atom stereocenters. The number of benzene rings is 1. The zero-order chi connectivity index (χ0) is 11.4. The third-order valence-corrected chi connectivity index (χ3v) is 2.35. The van der Waals surface area contributed by atoms with E-state index < -0.39 is 0 Å². The normalized spacial score (nSPS) is 13.3. The highest BCUT2D eigenvalue weighted by atomic mass is 16.7. The monoisotopic (exact) mass is 218 g/mol. The lowest BCUT2D eigenvalue weighted by molar-refractivity contribution is -0.114. The third-order valence-electron chi connectivity index (χ3n) is 2.35. The van der Waals surface area contributed by atoms with E-state index in [9.17, 15) is 4.79 Å². The van der Waals surface area contributed by atoms with Crippen LogP contribution in [-0.4, -0.2) is 12.6 Å². The molecule has 1 aliphatic heterocycles. The Labute approximate surface area is 94.7 Å². The van der Waals surface area contributed by atoms with Crippen molar-refractivity contribution in [3.8, 4) is 11.5 Å². The largest absolute Gasteiger partial charge is 0.454 e. The molecule has 84 valence electrons. The Bertz CT molecular complexity index is 421. The maximum atomic E-state index is 11.3. The number of fused-ring (bicyclic) bond motifs is 1.